The van der Waals surface area contributed by atoms with Gasteiger partial charge in [-0.15, -0.1) is 0 Å². The van der Waals surface area contributed by atoms with E-state index in [1.54, 1.807) is 44.4 Å². The van der Waals surface area contributed by atoms with E-state index in [0.717, 1.165) is 5.56 Å². The molecular weight excluding hydrogens is 303 g/mol. The number of hydrogen-bond acceptors (Lipinski definition) is 4. The van der Waals surface area contributed by atoms with Crippen molar-refractivity contribution in [1.82, 2.24) is 4.90 Å². The monoisotopic (exact) mass is 316 g/mol. The van der Waals surface area contributed by atoms with E-state index in [1.165, 1.54) is 28.8 Å². The van der Waals surface area contributed by atoms with Crippen molar-refractivity contribution in [1.29, 1.82) is 0 Å². The fourth-order valence-electron chi connectivity index (χ4n) is 2.08. The molecule has 0 spiro atoms. The van der Waals surface area contributed by atoms with Crippen molar-refractivity contribution in [3.05, 3.63) is 52.9 Å². The van der Waals surface area contributed by atoms with Gasteiger partial charge in [-0.25, -0.2) is 4.39 Å². The average molecular weight is 316 g/mol. The summed E-state index contributed by atoms with van der Waals surface area (Å²) in [5.41, 5.74) is 0.782. The Kier molecular flexibility index (Phi) is 3.85. The van der Waals surface area contributed by atoms with Gasteiger partial charge in [0.05, 0.1) is 4.91 Å². The molecule has 1 aliphatic rings. The Hall–Kier alpha value is -2.34. The molecule has 6 heteroatoms. The van der Waals surface area contributed by atoms with Crippen LogP contribution in [0.25, 0.3) is 17.4 Å². The van der Waals surface area contributed by atoms with E-state index in [2.05, 4.69) is 4.99 Å². The topological polar surface area (TPSA) is 45.8 Å². The Morgan fingerprint density at radius 3 is 2.59 bits per heavy atom. The number of amidine groups is 1. The molecule has 2 aromatic rings. The van der Waals surface area contributed by atoms with Crippen molar-refractivity contribution >= 4 is 28.9 Å². The van der Waals surface area contributed by atoms with Crippen LogP contribution >= 0.6 is 11.8 Å². The Labute approximate surface area is 131 Å². The lowest BCUT2D eigenvalue weighted by atomic mass is 10.2. The van der Waals surface area contributed by atoms with E-state index in [-0.39, 0.29) is 11.7 Å². The first-order valence-electron chi connectivity index (χ1n) is 6.58. The first-order chi connectivity index (χ1) is 10.6. The van der Waals surface area contributed by atoms with Crippen LogP contribution in [-0.2, 0) is 4.79 Å². The zero-order chi connectivity index (χ0) is 15.7. The molecule has 1 saturated heterocycles. The van der Waals surface area contributed by atoms with Gasteiger partial charge in [-0.3, -0.25) is 14.7 Å². The van der Waals surface area contributed by atoms with Gasteiger partial charge in [-0.2, -0.15) is 0 Å². The van der Waals surface area contributed by atoms with Gasteiger partial charge < -0.3 is 4.42 Å². The van der Waals surface area contributed by atoms with E-state index >= 15 is 0 Å². The Bertz CT molecular complexity index is 778. The molecule has 1 aliphatic heterocycles. The predicted molar refractivity (Wildman–Crippen MR) is 85.8 cm³/mol. The highest BCUT2D eigenvalue weighted by atomic mass is 32.2. The summed E-state index contributed by atoms with van der Waals surface area (Å²) in [5, 5.41) is 0.654. The molecular formula is C16H13FN2O2S. The van der Waals surface area contributed by atoms with E-state index in [9.17, 15) is 9.18 Å². The van der Waals surface area contributed by atoms with Gasteiger partial charge in [0.15, 0.2) is 5.17 Å². The second kappa shape index (κ2) is 5.81. The molecule has 3 rings (SSSR count). The summed E-state index contributed by atoms with van der Waals surface area (Å²) in [4.78, 5) is 18.2. The smallest absolute Gasteiger partial charge is 0.266 e. The number of rotatable bonds is 2. The number of hydrogen-bond donors (Lipinski definition) is 0. The van der Waals surface area contributed by atoms with Crippen LogP contribution in [0.4, 0.5) is 4.39 Å². The Balaban J connectivity index is 1.87. The number of amides is 1. The number of furan rings is 1. The van der Waals surface area contributed by atoms with Crippen molar-refractivity contribution in [2.75, 3.05) is 14.1 Å². The van der Waals surface area contributed by atoms with Crippen LogP contribution in [0.5, 0.6) is 0 Å². The van der Waals surface area contributed by atoms with E-state index in [0.29, 0.717) is 21.6 Å². The quantitative estimate of drug-likeness (QED) is 0.795. The molecule has 0 bridgehead atoms. The summed E-state index contributed by atoms with van der Waals surface area (Å²) in [6.45, 7) is 0. The number of aliphatic imine (C=N–C) groups is 1. The molecule has 1 aromatic carbocycles. The summed E-state index contributed by atoms with van der Waals surface area (Å²) < 4.78 is 18.6. The SMILES string of the molecule is CN=C1S/C(=C/c2ccc(-c3ccc(F)cc3)o2)C(=O)N1C. The van der Waals surface area contributed by atoms with Gasteiger partial charge in [0.1, 0.15) is 17.3 Å². The molecule has 4 nitrogen and oxygen atoms in total. The van der Waals surface area contributed by atoms with Crippen molar-refractivity contribution < 1.29 is 13.6 Å². The number of benzene rings is 1. The third kappa shape index (κ3) is 2.69. The highest BCUT2D eigenvalue weighted by Crippen LogP contribution is 2.32. The number of likely N-dealkylation sites (N-methyl/N-ethyl adjacent to an activating group) is 1. The van der Waals surface area contributed by atoms with Crippen molar-refractivity contribution in [3.63, 3.8) is 0 Å². The van der Waals surface area contributed by atoms with Gasteiger partial charge in [0.2, 0.25) is 0 Å². The normalized spacial score (nSPS) is 18.7. The minimum absolute atomic E-state index is 0.106. The highest BCUT2D eigenvalue weighted by molar-refractivity contribution is 8.18. The second-order valence-electron chi connectivity index (χ2n) is 4.69. The van der Waals surface area contributed by atoms with Crippen LogP contribution in [0.1, 0.15) is 5.76 Å². The van der Waals surface area contributed by atoms with Gasteiger partial charge in [-0.05, 0) is 48.2 Å². The molecule has 0 radical (unpaired) electrons. The van der Waals surface area contributed by atoms with E-state index in [1.807, 2.05) is 0 Å². The minimum atomic E-state index is -0.292. The summed E-state index contributed by atoms with van der Waals surface area (Å²) >= 11 is 1.31. The molecule has 0 aliphatic carbocycles. The van der Waals surface area contributed by atoms with Crippen LogP contribution in [0.2, 0.25) is 0 Å². The first-order valence-corrected chi connectivity index (χ1v) is 7.40. The number of nitrogens with zero attached hydrogens (tertiary/aromatic N) is 2. The van der Waals surface area contributed by atoms with Crippen LogP contribution in [0.15, 0.2) is 50.7 Å². The predicted octanol–water partition coefficient (Wildman–Crippen LogP) is 3.62. The van der Waals surface area contributed by atoms with E-state index < -0.39 is 0 Å². The third-order valence-corrected chi connectivity index (χ3v) is 4.38. The van der Waals surface area contributed by atoms with Crippen molar-refractivity contribution in [3.8, 4) is 11.3 Å². The number of carbonyl (C=O) groups is 1. The van der Waals surface area contributed by atoms with Crippen molar-refractivity contribution in [2.24, 2.45) is 4.99 Å². The second-order valence-corrected chi connectivity index (χ2v) is 5.70. The van der Waals surface area contributed by atoms with Gasteiger partial charge in [0.25, 0.3) is 5.91 Å². The van der Waals surface area contributed by atoms with Crippen LogP contribution < -0.4 is 0 Å². The number of halogens is 1. The summed E-state index contributed by atoms with van der Waals surface area (Å²) in [7, 11) is 3.33. The molecule has 1 aromatic heterocycles. The molecule has 22 heavy (non-hydrogen) atoms. The van der Waals surface area contributed by atoms with E-state index in [4.69, 9.17) is 4.42 Å². The fourth-order valence-corrected chi connectivity index (χ4v) is 2.99. The van der Waals surface area contributed by atoms with Crippen LogP contribution in [-0.4, -0.2) is 30.1 Å². The molecule has 1 fully saturated rings. The maximum atomic E-state index is 12.9. The third-order valence-electron chi connectivity index (χ3n) is 3.22. The zero-order valence-electron chi connectivity index (χ0n) is 12.0. The Morgan fingerprint density at radius 1 is 1.23 bits per heavy atom. The molecule has 2 heterocycles. The lowest BCUT2D eigenvalue weighted by Gasteiger charge is -2.04. The van der Waals surface area contributed by atoms with Gasteiger partial charge in [0, 0.05) is 25.7 Å². The molecule has 112 valence electrons. The minimum Gasteiger partial charge on any atom is -0.457 e. The number of carbonyl (C=O) groups excluding carboxylic acids is 1. The van der Waals surface area contributed by atoms with Gasteiger partial charge >= 0.3 is 0 Å². The van der Waals surface area contributed by atoms with Crippen molar-refractivity contribution in [2.45, 2.75) is 0 Å². The zero-order valence-corrected chi connectivity index (χ0v) is 12.9. The summed E-state index contributed by atoms with van der Waals surface area (Å²) in [5.74, 6) is 0.798. The maximum absolute atomic E-state index is 12.9. The average Bonchev–Trinajstić information content (AvgIpc) is 3.08. The maximum Gasteiger partial charge on any atom is 0.266 e. The summed E-state index contributed by atoms with van der Waals surface area (Å²) in [6, 6.07) is 9.63. The summed E-state index contributed by atoms with van der Waals surface area (Å²) in [6.07, 6.45) is 1.69. The molecule has 0 atom stereocenters. The highest BCUT2D eigenvalue weighted by Gasteiger charge is 2.29. The standard InChI is InChI=1S/C16H13FN2O2S/c1-18-16-19(2)15(20)14(22-16)9-12-7-8-13(21-12)10-3-5-11(17)6-4-10/h3-9H,1-2H3/b14-9+,18-16?. The fraction of sp³-hybridized carbons (Fsp3) is 0.125. The Morgan fingerprint density at radius 2 is 1.95 bits per heavy atom. The van der Waals surface area contributed by atoms with Crippen LogP contribution in [0.3, 0.4) is 0 Å². The lowest BCUT2D eigenvalue weighted by Crippen LogP contribution is -2.23. The largest absolute Gasteiger partial charge is 0.457 e. The lowest BCUT2D eigenvalue weighted by molar-refractivity contribution is -0.121. The molecule has 0 saturated carbocycles. The van der Waals surface area contributed by atoms with Gasteiger partial charge in [-0.1, -0.05) is 0 Å². The van der Waals surface area contributed by atoms with Crippen LogP contribution in [0, 0.1) is 5.82 Å². The number of thioether (sulfide) groups is 1. The molecule has 0 unspecified atom stereocenters. The first kappa shape index (κ1) is 14.6. The molecule has 0 N–H and O–H groups in total. The molecule has 1 amide bonds.